The van der Waals surface area contributed by atoms with Crippen LogP contribution in [0.1, 0.15) is 34.3 Å². The van der Waals surface area contributed by atoms with Crippen molar-refractivity contribution in [1.82, 2.24) is 4.90 Å². The zero-order valence-electron chi connectivity index (χ0n) is 9.73. The summed E-state index contributed by atoms with van der Waals surface area (Å²) in [6.07, 6.45) is 2.59. The molecule has 0 amide bonds. The van der Waals surface area contributed by atoms with Gasteiger partial charge in [0.1, 0.15) is 0 Å². The van der Waals surface area contributed by atoms with Crippen molar-refractivity contribution in [2.45, 2.75) is 32.4 Å². The molecule has 1 aromatic rings. The number of rotatable bonds is 4. The lowest BCUT2D eigenvalue weighted by Crippen LogP contribution is -2.20. The molecule has 1 aliphatic carbocycles. The van der Waals surface area contributed by atoms with E-state index in [1.54, 1.807) is 12.1 Å². The molecule has 1 saturated carbocycles. The van der Waals surface area contributed by atoms with E-state index < -0.39 is 5.97 Å². The molecule has 86 valence electrons. The smallest absolute Gasteiger partial charge is 0.335 e. The van der Waals surface area contributed by atoms with Crippen molar-refractivity contribution >= 4 is 5.97 Å². The van der Waals surface area contributed by atoms with Crippen LogP contribution in [0, 0.1) is 6.92 Å². The molecule has 0 saturated heterocycles. The first-order chi connectivity index (χ1) is 7.58. The normalized spacial score (nSPS) is 15.4. The molecule has 0 radical (unpaired) electrons. The van der Waals surface area contributed by atoms with E-state index in [1.165, 1.54) is 18.4 Å². The van der Waals surface area contributed by atoms with Gasteiger partial charge in [-0.1, -0.05) is 6.07 Å². The second-order valence-corrected chi connectivity index (χ2v) is 4.59. The lowest BCUT2D eigenvalue weighted by molar-refractivity contribution is 0.0696. The third kappa shape index (κ3) is 2.42. The van der Waals surface area contributed by atoms with Gasteiger partial charge in [0.15, 0.2) is 0 Å². The van der Waals surface area contributed by atoms with Gasteiger partial charge < -0.3 is 5.11 Å². The van der Waals surface area contributed by atoms with Gasteiger partial charge in [-0.2, -0.15) is 0 Å². The van der Waals surface area contributed by atoms with E-state index in [-0.39, 0.29) is 0 Å². The van der Waals surface area contributed by atoms with E-state index in [2.05, 4.69) is 11.9 Å². The Morgan fingerprint density at radius 2 is 2.19 bits per heavy atom. The number of nitrogens with zero attached hydrogens (tertiary/aromatic N) is 1. The van der Waals surface area contributed by atoms with Gasteiger partial charge in [0.2, 0.25) is 0 Å². The SMILES string of the molecule is Cc1cc(C(=O)O)ccc1CN(C)C1CC1. The van der Waals surface area contributed by atoms with Crippen LogP contribution in [-0.4, -0.2) is 29.1 Å². The summed E-state index contributed by atoms with van der Waals surface area (Å²) in [5.41, 5.74) is 2.65. The Kier molecular flexibility index (Phi) is 2.97. The van der Waals surface area contributed by atoms with Crippen LogP contribution in [0.3, 0.4) is 0 Å². The van der Waals surface area contributed by atoms with Crippen LogP contribution in [0.25, 0.3) is 0 Å². The molecule has 0 bridgehead atoms. The minimum atomic E-state index is -0.856. The molecule has 0 heterocycles. The van der Waals surface area contributed by atoms with E-state index >= 15 is 0 Å². The summed E-state index contributed by atoms with van der Waals surface area (Å²) < 4.78 is 0. The molecule has 2 rings (SSSR count). The quantitative estimate of drug-likeness (QED) is 0.844. The number of benzene rings is 1. The van der Waals surface area contributed by atoms with Crippen LogP contribution >= 0.6 is 0 Å². The monoisotopic (exact) mass is 219 g/mol. The number of hydrogen-bond acceptors (Lipinski definition) is 2. The lowest BCUT2D eigenvalue weighted by Gasteiger charge is -2.17. The third-order valence-electron chi connectivity index (χ3n) is 3.18. The van der Waals surface area contributed by atoms with Crippen LogP contribution in [0.5, 0.6) is 0 Å². The minimum Gasteiger partial charge on any atom is -0.478 e. The summed E-state index contributed by atoms with van der Waals surface area (Å²) >= 11 is 0. The molecule has 0 spiro atoms. The molecule has 0 aromatic heterocycles. The lowest BCUT2D eigenvalue weighted by atomic mass is 10.0. The van der Waals surface area contributed by atoms with Crippen molar-refractivity contribution in [2.75, 3.05) is 7.05 Å². The van der Waals surface area contributed by atoms with Crippen molar-refractivity contribution in [3.8, 4) is 0 Å². The molecule has 3 heteroatoms. The van der Waals surface area contributed by atoms with Crippen molar-refractivity contribution in [1.29, 1.82) is 0 Å². The fourth-order valence-electron chi connectivity index (χ4n) is 1.92. The predicted octanol–water partition coefficient (Wildman–Crippen LogP) is 2.29. The average Bonchev–Trinajstić information content (AvgIpc) is 3.03. The first-order valence-corrected chi connectivity index (χ1v) is 5.61. The summed E-state index contributed by atoms with van der Waals surface area (Å²) in [6, 6.07) is 6.10. The molecule has 1 aliphatic rings. The van der Waals surface area contributed by atoms with E-state index in [9.17, 15) is 4.79 Å². The second-order valence-electron chi connectivity index (χ2n) is 4.59. The first-order valence-electron chi connectivity index (χ1n) is 5.61. The number of carbonyl (C=O) groups is 1. The molecule has 16 heavy (non-hydrogen) atoms. The summed E-state index contributed by atoms with van der Waals surface area (Å²) in [5, 5.41) is 8.87. The van der Waals surface area contributed by atoms with E-state index in [4.69, 9.17) is 5.11 Å². The summed E-state index contributed by atoms with van der Waals surface area (Å²) in [5.74, 6) is -0.856. The maximum Gasteiger partial charge on any atom is 0.335 e. The Balaban J connectivity index is 2.12. The van der Waals surface area contributed by atoms with E-state index in [1.807, 2.05) is 13.0 Å². The largest absolute Gasteiger partial charge is 0.478 e. The van der Waals surface area contributed by atoms with Gasteiger partial charge in [-0.05, 0) is 50.1 Å². The Labute approximate surface area is 95.7 Å². The zero-order chi connectivity index (χ0) is 11.7. The number of carboxylic acids is 1. The molecular weight excluding hydrogens is 202 g/mol. The molecule has 0 atom stereocenters. The summed E-state index contributed by atoms with van der Waals surface area (Å²) in [7, 11) is 2.13. The summed E-state index contributed by atoms with van der Waals surface area (Å²) in [4.78, 5) is 13.1. The number of aromatic carboxylic acids is 1. The Hall–Kier alpha value is -1.35. The van der Waals surface area contributed by atoms with E-state index in [0.29, 0.717) is 5.56 Å². The highest BCUT2D eigenvalue weighted by Crippen LogP contribution is 2.27. The van der Waals surface area contributed by atoms with Gasteiger partial charge in [-0.25, -0.2) is 4.79 Å². The third-order valence-corrected chi connectivity index (χ3v) is 3.18. The summed E-state index contributed by atoms with van der Waals surface area (Å²) in [6.45, 7) is 2.89. The standard InChI is InChI=1S/C13H17NO2/c1-9-7-10(13(15)16)3-4-11(9)8-14(2)12-5-6-12/h3-4,7,12H,5-6,8H2,1-2H3,(H,15,16). The Morgan fingerprint density at radius 3 is 2.69 bits per heavy atom. The number of hydrogen-bond donors (Lipinski definition) is 1. The first kappa shape index (κ1) is 11.1. The zero-order valence-corrected chi connectivity index (χ0v) is 9.73. The van der Waals surface area contributed by atoms with Crippen LogP contribution in [0.4, 0.5) is 0 Å². The van der Waals surface area contributed by atoms with Gasteiger partial charge in [-0.3, -0.25) is 4.90 Å². The van der Waals surface area contributed by atoms with Crippen molar-refractivity contribution < 1.29 is 9.90 Å². The molecule has 3 nitrogen and oxygen atoms in total. The second kappa shape index (κ2) is 4.26. The van der Waals surface area contributed by atoms with Gasteiger partial charge in [0, 0.05) is 12.6 Å². The van der Waals surface area contributed by atoms with Crippen LogP contribution in [-0.2, 0) is 6.54 Å². The van der Waals surface area contributed by atoms with Crippen LogP contribution < -0.4 is 0 Å². The Bertz CT molecular complexity index is 410. The highest BCUT2D eigenvalue weighted by molar-refractivity contribution is 5.87. The highest BCUT2D eigenvalue weighted by atomic mass is 16.4. The molecule has 1 fully saturated rings. The predicted molar refractivity (Wildman–Crippen MR) is 62.6 cm³/mol. The maximum absolute atomic E-state index is 10.8. The fourth-order valence-corrected chi connectivity index (χ4v) is 1.92. The topological polar surface area (TPSA) is 40.5 Å². The molecule has 0 aliphatic heterocycles. The van der Waals surface area contributed by atoms with Crippen molar-refractivity contribution in [3.63, 3.8) is 0 Å². The van der Waals surface area contributed by atoms with Crippen LogP contribution in [0.15, 0.2) is 18.2 Å². The average molecular weight is 219 g/mol. The molecule has 1 aromatic carbocycles. The minimum absolute atomic E-state index is 0.371. The molecule has 1 N–H and O–H groups in total. The van der Waals surface area contributed by atoms with Gasteiger partial charge >= 0.3 is 5.97 Å². The highest BCUT2D eigenvalue weighted by Gasteiger charge is 2.26. The number of aryl methyl sites for hydroxylation is 1. The van der Waals surface area contributed by atoms with Gasteiger partial charge in [0.05, 0.1) is 5.56 Å². The molecular formula is C13H17NO2. The van der Waals surface area contributed by atoms with Gasteiger partial charge in [-0.15, -0.1) is 0 Å². The van der Waals surface area contributed by atoms with Crippen molar-refractivity contribution in [3.05, 3.63) is 34.9 Å². The fraction of sp³-hybridized carbons (Fsp3) is 0.462. The van der Waals surface area contributed by atoms with Crippen LogP contribution in [0.2, 0.25) is 0 Å². The van der Waals surface area contributed by atoms with E-state index in [0.717, 1.165) is 18.2 Å². The number of carboxylic acid groups (broad SMARTS) is 1. The van der Waals surface area contributed by atoms with Crippen molar-refractivity contribution in [2.24, 2.45) is 0 Å². The Morgan fingerprint density at radius 1 is 1.50 bits per heavy atom. The maximum atomic E-state index is 10.8. The molecule has 0 unspecified atom stereocenters. The van der Waals surface area contributed by atoms with Gasteiger partial charge in [0.25, 0.3) is 0 Å².